The van der Waals surface area contributed by atoms with Gasteiger partial charge in [-0.1, -0.05) is 11.8 Å². The van der Waals surface area contributed by atoms with Crippen molar-refractivity contribution in [2.75, 3.05) is 40.6 Å². The average Bonchev–Trinajstić information content (AvgIpc) is 3.09. The van der Waals surface area contributed by atoms with Gasteiger partial charge in [0.1, 0.15) is 5.65 Å². The van der Waals surface area contributed by atoms with Gasteiger partial charge in [0.2, 0.25) is 0 Å². The van der Waals surface area contributed by atoms with Crippen molar-refractivity contribution in [1.29, 1.82) is 0 Å². The van der Waals surface area contributed by atoms with Gasteiger partial charge in [0, 0.05) is 36.3 Å². The summed E-state index contributed by atoms with van der Waals surface area (Å²) < 4.78 is 12.7. The molecule has 2 heterocycles. The van der Waals surface area contributed by atoms with Crippen LogP contribution in [0.4, 0.5) is 0 Å². The molecule has 0 saturated heterocycles. The van der Waals surface area contributed by atoms with E-state index in [1.54, 1.807) is 32.2 Å². The summed E-state index contributed by atoms with van der Waals surface area (Å²) in [5, 5.41) is 0.932. The highest BCUT2D eigenvalue weighted by Gasteiger charge is 2.12. The predicted octanol–water partition coefficient (Wildman–Crippen LogP) is 3.07. The quantitative estimate of drug-likeness (QED) is 0.478. The number of imidazole rings is 1. The molecule has 3 rings (SSSR count). The van der Waals surface area contributed by atoms with E-state index in [0.717, 1.165) is 34.4 Å². The molecule has 0 aliphatic carbocycles. The first-order valence-corrected chi connectivity index (χ1v) is 8.95. The zero-order chi connectivity index (χ0) is 17.8. The monoisotopic (exact) mass is 358 g/mol. The Morgan fingerprint density at radius 3 is 2.64 bits per heavy atom. The first kappa shape index (κ1) is 17.6. The Morgan fingerprint density at radius 1 is 1.12 bits per heavy atom. The molecule has 0 saturated carbocycles. The molecule has 0 radical (unpaired) electrons. The molecule has 0 unspecified atom stereocenters. The molecule has 2 aromatic heterocycles. The maximum atomic E-state index is 5.41. The summed E-state index contributed by atoms with van der Waals surface area (Å²) in [7, 11) is 7.41. The maximum Gasteiger partial charge on any atom is 0.174 e. The molecule has 0 N–H and O–H groups in total. The van der Waals surface area contributed by atoms with Crippen molar-refractivity contribution in [2.45, 2.75) is 5.16 Å². The SMILES string of the molecule is COc1ccc(-c2cc3nccn3c(SCCN(C)C)n2)cc1OC. The van der Waals surface area contributed by atoms with Gasteiger partial charge in [-0.05, 0) is 32.3 Å². The highest BCUT2D eigenvalue weighted by molar-refractivity contribution is 7.99. The maximum absolute atomic E-state index is 5.41. The average molecular weight is 358 g/mol. The Hall–Kier alpha value is -2.25. The summed E-state index contributed by atoms with van der Waals surface area (Å²) in [6.07, 6.45) is 3.74. The molecule has 1 aromatic carbocycles. The number of ether oxygens (including phenoxy) is 2. The van der Waals surface area contributed by atoms with E-state index >= 15 is 0 Å². The number of benzene rings is 1. The molecule has 132 valence electrons. The van der Waals surface area contributed by atoms with Crippen LogP contribution in [0.3, 0.4) is 0 Å². The van der Waals surface area contributed by atoms with E-state index in [4.69, 9.17) is 14.5 Å². The van der Waals surface area contributed by atoms with Crippen LogP contribution < -0.4 is 9.47 Å². The number of rotatable bonds is 7. The lowest BCUT2D eigenvalue weighted by molar-refractivity contribution is 0.355. The number of hydrogen-bond acceptors (Lipinski definition) is 6. The van der Waals surface area contributed by atoms with Crippen LogP contribution >= 0.6 is 11.8 Å². The Balaban J connectivity index is 1.99. The van der Waals surface area contributed by atoms with E-state index in [9.17, 15) is 0 Å². The second kappa shape index (κ2) is 7.76. The van der Waals surface area contributed by atoms with Crippen molar-refractivity contribution in [3.63, 3.8) is 0 Å². The lowest BCUT2D eigenvalue weighted by Crippen LogP contribution is -2.15. The summed E-state index contributed by atoms with van der Waals surface area (Å²) in [6, 6.07) is 7.80. The Kier molecular flexibility index (Phi) is 5.45. The minimum atomic E-state index is 0.687. The summed E-state index contributed by atoms with van der Waals surface area (Å²) in [5.74, 6) is 2.35. The van der Waals surface area contributed by atoms with Crippen LogP contribution in [0.2, 0.25) is 0 Å². The Morgan fingerprint density at radius 2 is 1.92 bits per heavy atom. The highest BCUT2D eigenvalue weighted by Crippen LogP contribution is 2.32. The third kappa shape index (κ3) is 3.88. The second-order valence-corrected chi connectivity index (χ2v) is 6.86. The van der Waals surface area contributed by atoms with Gasteiger partial charge in [0.15, 0.2) is 16.7 Å². The van der Waals surface area contributed by atoms with Gasteiger partial charge in [-0.2, -0.15) is 0 Å². The predicted molar refractivity (Wildman–Crippen MR) is 101 cm³/mol. The summed E-state index contributed by atoms with van der Waals surface area (Å²) in [4.78, 5) is 11.4. The minimum Gasteiger partial charge on any atom is -0.493 e. The normalized spacial score (nSPS) is 11.2. The fourth-order valence-corrected chi connectivity index (χ4v) is 3.56. The number of nitrogens with zero attached hydrogens (tertiary/aromatic N) is 4. The first-order chi connectivity index (χ1) is 12.1. The third-order valence-corrected chi connectivity index (χ3v) is 4.74. The van der Waals surface area contributed by atoms with Gasteiger partial charge in [0.25, 0.3) is 0 Å². The number of fused-ring (bicyclic) bond motifs is 1. The van der Waals surface area contributed by atoms with Gasteiger partial charge >= 0.3 is 0 Å². The Bertz CT molecular complexity index is 863. The molecule has 3 aromatic rings. The number of thioether (sulfide) groups is 1. The molecule has 0 atom stereocenters. The Labute approximate surface area is 151 Å². The number of methoxy groups -OCH3 is 2. The van der Waals surface area contributed by atoms with E-state index in [2.05, 4.69) is 24.0 Å². The molecule has 25 heavy (non-hydrogen) atoms. The molecule has 7 heteroatoms. The van der Waals surface area contributed by atoms with Crippen molar-refractivity contribution in [2.24, 2.45) is 0 Å². The first-order valence-electron chi connectivity index (χ1n) is 7.96. The van der Waals surface area contributed by atoms with Crippen molar-refractivity contribution in [3.8, 4) is 22.8 Å². The molecule has 0 aliphatic rings. The molecular weight excluding hydrogens is 336 g/mol. The number of hydrogen-bond donors (Lipinski definition) is 0. The summed E-state index contributed by atoms with van der Waals surface area (Å²) >= 11 is 1.72. The van der Waals surface area contributed by atoms with Crippen LogP contribution in [0.5, 0.6) is 11.5 Å². The standard InChI is InChI=1S/C18H22N4O2S/c1-21(2)9-10-25-18-20-14(12-17-19-7-8-22(17)18)13-5-6-15(23-3)16(11-13)24-4/h5-8,11-12H,9-10H2,1-4H3. The van der Waals surface area contributed by atoms with E-state index < -0.39 is 0 Å². The highest BCUT2D eigenvalue weighted by atomic mass is 32.2. The van der Waals surface area contributed by atoms with Crippen LogP contribution in [0.25, 0.3) is 16.9 Å². The molecule has 0 amide bonds. The van der Waals surface area contributed by atoms with Crippen LogP contribution in [0.1, 0.15) is 0 Å². The van der Waals surface area contributed by atoms with Gasteiger partial charge in [-0.3, -0.25) is 4.40 Å². The van der Waals surface area contributed by atoms with E-state index in [-0.39, 0.29) is 0 Å². The smallest absolute Gasteiger partial charge is 0.174 e. The summed E-state index contributed by atoms with van der Waals surface area (Å²) in [5.41, 5.74) is 2.72. The van der Waals surface area contributed by atoms with Crippen LogP contribution in [-0.4, -0.2) is 59.9 Å². The molecule has 0 aliphatic heterocycles. The van der Waals surface area contributed by atoms with Crippen molar-refractivity contribution in [1.82, 2.24) is 19.3 Å². The van der Waals surface area contributed by atoms with Crippen molar-refractivity contribution >= 4 is 17.4 Å². The van der Waals surface area contributed by atoms with E-state index in [1.165, 1.54) is 0 Å². The lowest BCUT2D eigenvalue weighted by atomic mass is 10.1. The third-order valence-electron chi connectivity index (χ3n) is 3.81. The topological polar surface area (TPSA) is 51.9 Å². The molecule has 6 nitrogen and oxygen atoms in total. The molecule has 0 fully saturated rings. The largest absolute Gasteiger partial charge is 0.493 e. The van der Waals surface area contributed by atoms with Gasteiger partial charge in [-0.15, -0.1) is 0 Å². The van der Waals surface area contributed by atoms with E-state index in [1.807, 2.05) is 34.9 Å². The van der Waals surface area contributed by atoms with Crippen molar-refractivity contribution in [3.05, 3.63) is 36.7 Å². The van der Waals surface area contributed by atoms with Gasteiger partial charge in [0.05, 0.1) is 19.9 Å². The van der Waals surface area contributed by atoms with Crippen LogP contribution in [0, 0.1) is 0 Å². The second-order valence-electron chi connectivity index (χ2n) is 5.80. The zero-order valence-electron chi connectivity index (χ0n) is 14.9. The molecule has 0 spiro atoms. The number of aromatic nitrogens is 3. The fraction of sp³-hybridized carbons (Fsp3) is 0.333. The van der Waals surface area contributed by atoms with Gasteiger partial charge < -0.3 is 14.4 Å². The molecule has 0 bridgehead atoms. The van der Waals surface area contributed by atoms with E-state index in [0.29, 0.717) is 11.5 Å². The van der Waals surface area contributed by atoms with Gasteiger partial charge in [-0.25, -0.2) is 9.97 Å². The fourth-order valence-electron chi connectivity index (χ4n) is 2.46. The summed E-state index contributed by atoms with van der Waals surface area (Å²) in [6.45, 7) is 0.989. The minimum absolute atomic E-state index is 0.687. The van der Waals surface area contributed by atoms with Crippen LogP contribution in [-0.2, 0) is 0 Å². The van der Waals surface area contributed by atoms with Crippen LogP contribution in [0.15, 0.2) is 41.8 Å². The van der Waals surface area contributed by atoms with Crippen molar-refractivity contribution < 1.29 is 9.47 Å². The molecular formula is C18H22N4O2S. The lowest BCUT2D eigenvalue weighted by Gasteiger charge is -2.12. The zero-order valence-corrected chi connectivity index (χ0v) is 15.7.